The van der Waals surface area contributed by atoms with Gasteiger partial charge >= 0.3 is 11.9 Å². The van der Waals surface area contributed by atoms with Crippen molar-refractivity contribution < 1.29 is 34.2 Å². The number of amides is 3. The largest absolute Gasteiger partial charge is 0.481 e. The predicted molar refractivity (Wildman–Crippen MR) is 109 cm³/mol. The maximum absolute atomic E-state index is 12.7. The predicted octanol–water partition coefficient (Wildman–Crippen LogP) is -1.92. The van der Waals surface area contributed by atoms with Crippen molar-refractivity contribution in [3.05, 3.63) is 0 Å². The fraction of sp³-hybridized carbons (Fsp3) is 0.688. The van der Waals surface area contributed by atoms with Gasteiger partial charge in [-0.15, -0.1) is 0 Å². The molecule has 1 rings (SSSR count). The summed E-state index contributed by atoms with van der Waals surface area (Å²) >= 11 is 7.83. The summed E-state index contributed by atoms with van der Waals surface area (Å²) < 4.78 is 0. The van der Waals surface area contributed by atoms with E-state index in [1.54, 1.807) is 0 Å². The van der Waals surface area contributed by atoms with Crippen molar-refractivity contribution in [3.63, 3.8) is 0 Å². The number of hydrogen-bond acceptors (Lipinski definition) is 8. The number of thiol groups is 2. The number of hydrogen-bond donors (Lipinski definition) is 7. The third kappa shape index (κ3) is 7.40. The number of carboxylic acids is 2. The molecule has 0 bridgehead atoms. The van der Waals surface area contributed by atoms with Gasteiger partial charge in [0, 0.05) is 24.5 Å². The molecule has 0 aromatic rings. The summed E-state index contributed by atoms with van der Waals surface area (Å²) in [4.78, 5) is 60.7. The zero-order valence-electron chi connectivity index (χ0n) is 15.6. The third-order valence-corrected chi connectivity index (χ3v) is 5.19. The van der Waals surface area contributed by atoms with Crippen LogP contribution >= 0.6 is 25.3 Å². The number of carbonyl (C=O) groups excluding carboxylic acids is 3. The molecule has 1 aliphatic heterocycles. The van der Waals surface area contributed by atoms with E-state index >= 15 is 0 Å². The molecule has 13 heteroatoms. The van der Waals surface area contributed by atoms with Crippen molar-refractivity contribution in [2.75, 3.05) is 18.1 Å². The van der Waals surface area contributed by atoms with Crippen LogP contribution in [0.15, 0.2) is 0 Å². The summed E-state index contributed by atoms with van der Waals surface area (Å²) in [6, 6.07) is -4.30. The number of aliphatic carboxylic acids is 2. The van der Waals surface area contributed by atoms with Crippen LogP contribution in [0, 0.1) is 0 Å². The van der Waals surface area contributed by atoms with Gasteiger partial charge in [-0.2, -0.15) is 25.3 Å². The third-order valence-electron chi connectivity index (χ3n) is 4.43. The number of nitrogens with zero attached hydrogens (tertiary/aromatic N) is 1. The number of likely N-dealkylation sites (tertiary alicyclic amines) is 1. The highest BCUT2D eigenvalue weighted by Crippen LogP contribution is 2.19. The smallest absolute Gasteiger partial charge is 0.327 e. The molecule has 0 aliphatic carbocycles. The molecule has 0 radical (unpaired) electrons. The lowest BCUT2D eigenvalue weighted by Crippen LogP contribution is -2.57. The number of carbonyl (C=O) groups is 5. The zero-order valence-corrected chi connectivity index (χ0v) is 17.4. The molecule has 1 fully saturated rings. The van der Waals surface area contributed by atoms with Crippen molar-refractivity contribution in [2.45, 2.75) is 49.9 Å². The molecule has 29 heavy (non-hydrogen) atoms. The molecule has 6 N–H and O–H groups in total. The van der Waals surface area contributed by atoms with Crippen LogP contribution in [0.4, 0.5) is 0 Å². The lowest BCUT2D eigenvalue weighted by Gasteiger charge is -2.28. The van der Waals surface area contributed by atoms with Crippen LogP contribution in [0.2, 0.25) is 0 Å². The van der Waals surface area contributed by atoms with E-state index in [4.69, 9.17) is 15.9 Å². The Morgan fingerprint density at radius 3 is 2.24 bits per heavy atom. The molecule has 0 saturated carbocycles. The standard InChI is InChI=1S/C16H26N4O7S2/c17-8(6-28)15(25)20-5-1-2-11(20)14(24)18-9(3-4-12(21)22)13(23)19-10(7-29)16(26)27/h8-11,28-29H,1-7,17H2,(H,18,24)(H,19,23)(H,21,22)(H,26,27). The summed E-state index contributed by atoms with van der Waals surface area (Å²) in [5.41, 5.74) is 5.70. The van der Waals surface area contributed by atoms with E-state index in [1.807, 2.05) is 0 Å². The Bertz CT molecular complexity index is 649. The van der Waals surface area contributed by atoms with Crippen molar-refractivity contribution in [1.82, 2.24) is 15.5 Å². The Morgan fingerprint density at radius 1 is 1.07 bits per heavy atom. The van der Waals surface area contributed by atoms with Crippen LogP contribution in [0.5, 0.6) is 0 Å². The topological polar surface area (TPSA) is 179 Å². The van der Waals surface area contributed by atoms with Crippen LogP contribution in [-0.2, 0) is 24.0 Å². The molecule has 3 amide bonds. The van der Waals surface area contributed by atoms with Crippen LogP contribution in [0.1, 0.15) is 25.7 Å². The highest BCUT2D eigenvalue weighted by Gasteiger charge is 2.37. The Labute approximate surface area is 178 Å². The minimum absolute atomic E-state index is 0.105. The quantitative estimate of drug-likeness (QED) is 0.178. The first kappa shape index (κ1) is 25.0. The fourth-order valence-corrected chi connectivity index (χ4v) is 3.26. The molecule has 11 nitrogen and oxygen atoms in total. The van der Waals surface area contributed by atoms with E-state index in [9.17, 15) is 24.0 Å². The highest BCUT2D eigenvalue weighted by molar-refractivity contribution is 7.80. The molecule has 1 aliphatic rings. The summed E-state index contributed by atoms with van der Waals surface area (Å²) in [6.07, 6.45) is 0.256. The van der Waals surface area contributed by atoms with E-state index in [2.05, 4.69) is 35.9 Å². The molecule has 164 valence electrons. The van der Waals surface area contributed by atoms with E-state index in [0.717, 1.165) is 0 Å². The van der Waals surface area contributed by atoms with Crippen LogP contribution in [0.3, 0.4) is 0 Å². The summed E-state index contributed by atoms with van der Waals surface area (Å²) in [5, 5.41) is 22.6. The molecule has 4 unspecified atom stereocenters. The monoisotopic (exact) mass is 450 g/mol. The van der Waals surface area contributed by atoms with E-state index in [1.165, 1.54) is 4.90 Å². The fourth-order valence-electron chi connectivity index (χ4n) is 2.86. The molecule has 4 atom stereocenters. The van der Waals surface area contributed by atoms with Crippen molar-refractivity contribution >= 4 is 54.9 Å². The maximum atomic E-state index is 12.7. The molecule has 0 aromatic carbocycles. The van der Waals surface area contributed by atoms with Crippen molar-refractivity contribution in [1.29, 1.82) is 0 Å². The van der Waals surface area contributed by atoms with Gasteiger partial charge < -0.3 is 31.5 Å². The first-order chi connectivity index (χ1) is 13.6. The van der Waals surface area contributed by atoms with Crippen LogP contribution < -0.4 is 16.4 Å². The highest BCUT2D eigenvalue weighted by atomic mass is 32.1. The first-order valence-corrected chi connectivity index (χ1v) is 10.2. The Balaban J connectivity index is 2.89. The minimum atomic E-state index is -1.31. The molecular formula is C16H26N4O7S2. The normalized spacial score (nSPS) is 19.1. The zero-order chi connectivity index (χ0) is 22.1. The first-order valence-electron chi connectivity index (χ1n) is 8.95. The number of rotatable bonds is 11. The molecule has 1 heterocycles. The number of nitrogens with two attached hydrogens (primary N) is 1. The lowest BCUT2D eigenvalue weighted by molar-refractivity contribution is -0.143. The second-order valence-corrected chi connectivity index (χ2v) is 7.28. The van der Waals surface area contributed by atoms with Gasteiger partial charge in [0.1, 0.15) is 18.1 Å². The second-order valence-electron chi connectivity index (χ2n) is 6.55. The van der Waals surface area contributed by atoms with Gasteiger partial charge in [-0.05, 0) is 19.3 Å². The Kier molecular flexibility index (Phi) is 10.3. The minimum Gasteiger partial charge on any atom is -0.481 e. The lowest BCUT2D eigenvalue weighted by atomic mass is 10.1. The van der Waals surface area contributed by atoms with Gasteiger partial charge in [0.2, 0.25) is 17.7 Å². The molecular weight excluding hydrogens is 424 g/mol. The molecule has 0 spiro atoms. The van der Waals surface area contributed by atoms with Crippen LogP contribution in [-0.4, -0.2) is 87.0 Å². The maximum Gasteiger partial charge on any atom is 0.327 e. The number of carboxylic acid groups (broad SMARTS) is 2. The van der Waals surface area contributed by atoms with Gasteiger partial charge in [0.25, 0.3) is 0 Å². The summed E-state index contributed by atoms with van der Waals surface area (Å²) in [7, 11) is 0. The van der Waals surface area contributed by atoms with Gasteiger partial charge in [-0.25, -0.2) is 4.79 Å². The van der Waals surface area contributed by atoms with Gasteiger partial charge in [0.15, 0.2) is 0 Å². The Hall–Kier alpha value is -1.99. The van der Waals surface area contributed by atoms with Gasteiger partial charge in [-0.3, -0.25) is 19.2 Å². The van der Waals surface area contributed by atoms with E-state index < -0.39 is 60.2 Å². The SMILES string of the molecule is NC(CS)C(=O)N1CCCC1C(=O)NC(CCC(=O)O)C(=O)NC(CS)C(=O)O. The van der Waals surface area contributed by atoms with Crippen molar-refractivity contribution in [2.24, 2.45) is 5.73 Å². The number of nitrogens with one attached hydrogen (secondary N) is 2. The summed E-state index contributed by atoms with van der Waals surface area (Å²) in [6.45, 7) is 0.325. The molecule has 1 saturated heterocycles. The van der Waals surface area contributed by atoms with E-state index in [-0.39, 0.29) is 17.9 Å². The van der Waals surface area contributed by atoms with E-state index in [0.29, 0.717) is 19.4 Å². The summed E-state index contributed by atoms with van der Waals surface area (Å²) in [5.74, 6) is -4.50. The molecule has 0 aromatic heterocycles. The second kappa shape index (κ2) is 11.9. The van der Waals surface area contributed by atoms with Crippen molar-refractivity contribution in [3.8, 4) is 0 Å². The average Bonchev–Trinajstić information content (AvgIpc) is 3.17. The Morgan fingerprint density at radius 2 is 1.72 bits per heavy atom. The van der Waals surface area contributed by atoms with Gasteiger partial charge in [0.05, 0.1) is 6.04 Å². The van der Waals surface area contributed by atoms with Gasteiger partial charge in [-0.1, -0.05) is 0 Å². The van der Waals surface area contributed by atoms with Crippen LogP contribution in [0.25, 0.3) is 0 Å². The average molecular weight is 451 g/mol.